The zero-order valence-corrected chi connectivity index (χ0v) is 19.7. The molecule has 0 radical (unpaired) electrons. The fraction of sp³-hybridized carbons (Fsp3) is 0.423. The molecule has 2 aromatic carbocycles. The second kappa shape index (κ2) is 13.8. The third kappa shape index (κ3) is 8.85. The van der Waals surface area contributed by atoms with Crippen molar-refractivity contribution in [2.24, 2.45) is 5.92 Å². The number of methoxy groups -OCH3 is 1. The first-order valence-electron chi connectivity index (χ1n) is 11.2. The number of nitrogens with one attached hydrogen (secondary N) is 1. The van der Waals surface area contributed by atoms with Gasteiger partial charge in [0.1, 0.15) is 0 Å². The molecule has 2 amide bonds. The minimum absolute atomic E-state index is 0.0676. The van der Waals surface area contributed by atoms with Crippen molar-refractivity contribution in [3.05, 3.63) is 54.1 Å². The second-order valence-corrected chi connectivity index (χ2v) is 8.08. The predicted octanol–water partition coefficient (Wildman–Crippen LogP) is 4.46. The largest absolute Gasteiger partial charge is 0.493 e. The van der Waals surface area contributed by atoms with Gasteiger partial charge in [-0.15, -0.1) is 0 Å². The average molecular weight is 452 g/mol. The molecular weight excluding hydrogens is 418 g/mol. The number of nitrogens with zero attached hydrogens (tertiary/aromatic N) is 2. The third-order valence-corrected chi connectivity index (χ3v) is 5.05. The number of hydrogen-bond donors (Lipinski definition) is 1. The SMILES string of the molecule is COc1cc(CNC(=O)CCC(=O)N(CCC#N)c2ccccc2)ccc1OCCC(C)C. The third-order valence-electron chi connectivity index (χ3n) is 5.05. The molecule has 0 aliphatic carbocycles. The van der Waals surface area contributed by atoms with Crippen LogP contribution in [0, 0.1) is 17.2 Å². The number of benzene rings is 2. The van der Waals surface area contributed by atoms with Crippen LogP contribution in [-0.2, 0) is 16.1 Å². The van der Waals surface area contributed by atoms with Crippen molar-refractivity contribution in [2.45, 2.75) is 46.1 Å². The van der Waals surface area contributed by atoms with E-state index in [1.807, 2.05) is 48.5 Å². The smallest absolute Gasteiger partial charge is 0.227 e. The molecule has 0 bridgehead atoms. The Balaban J connectivity index is 1.86. The van der Waals surface area contributed by atoms with Crippen molar-refractivity contribution in [1.29, 1.82) is 5.26 Å². The molecular formula is C26H33N3O4. The summed E-state index contributed by atoms with van der Waals surface area (Å²) in [7, 11) is 1.59. The highest BCUT2D eigenvalue weighted by Crippen LogP contribution is 2.28. The minimum Gasteiger partial charge on any atom is -0.493 e. The summed E-state index contributed by atoms with van der Waals surface area (Å²) in [6, 6.07) is 16.8. The summed E-state index contributed by atoms with van der Waals surface area (Å²) >= 11 is 0. The molecule has 1 N–H and O–H groups in total. The topological polar surface area (TPSA) is 91.7 Å². The molecule has 0 saturated heterocycles. The van der Waals surface area contributed by atoms with E-state index in [2.05, 4.69) is 25.2 Å². The minimum atomic E-state index is -0.215. The second-order valence-electron chi connectivity index (χ2n) is 8.08. The van der Waals surface area contributed by atoms with E-state index in [0.29, 0.717) is 37.1 Å². The van der Waals surface area contributed by atoms with E-state index in [1.165, 1.54) is 0 Å². The van der Waals surface area contributed by atoms with Crippen LogP contribution in [0.25, 0.3) is 0 Å². The highest BCUT2D eigenvalue weighted by Gasteiger charge is 2.17. The number of carbonyl (C=O) groups excluding carboxylic acids is 2. The van der Waals surface area contributed by atoms with Gasteiger partial charge in [0.25, 0.3) is 0 Å². The Labute approximate surface area is 196 Å². The van der Waals surface area contributed by atoms with Crippen molar-refractivity contribution in [2.75, 3.05) is 25.2 Å². The standard InChI is InChI=1S/C26H33N3O4/c1-20(2)14-17-33-23-11-10-21(18-24(23)32-3)19-28-25(30)12-13-26(31)29(16-7-15-27)22-8-5-4-6-9-22/h4-6,8-11,18,20H,7,12-14,16-17,19H2,1-3H3,(H,28,30). The molecule has 176 valence electrons. The molecule has 7 heteroatoms. The van der Waals surface area contributed by atoms with E-state index >= 15 is 0 Å². The van der Waals surface area contributed by atoms with E-state index < -0.39 is 0 Å². The Morgan fingerprint density at radius 1 is 1.09 bits per heavy atom. The van der Waals surface area contributed by atoms with Crippen LogP contribution in [0.3, 0.4) is 0 Å². The zero-order valence-electron chi connectivity index (χ0n) is 19.7. The van der Waals surface area contributed by atoms with Crippen LogP contribution in [0.15, 0.2) is 48.5 Å². The molecule has 7 nitrogen and oxygen atoms in total. The molecule has 0 heterocycles. The van der Waals surface area contributed by atoms with Crippen LogP contribution in [0.5, 0.6) is 11.5 Å². The number of nitriles is 1. The fourth-order valence-corrected chi connectivity index (χ4v) is 3.16. The van der Waals surface area contributed by atoms with Gasteiger partial charge in [-0.3, -0.25) is 9.59 Å². The summed E-state index contributed by atoms with van der Waals surface area (Å²) in [6.45, 7) is 5.53. The molecule has 0 spiro atoms. The molecule has 0 unspecified atom stereocenters. The number of para-hydroxylation sites is 1. The van der Waals surface area contributed by atoms with Gasteiger partial charge in [-0.2, -0.15) is 5.26 Å². The lowest BCUT2D eigenvalue weighted by molar-refractivity contribution is -0.125. The van der Waals surface area contributed by atoms with E-state index in [0.717, 1.165) is 17.7 Å². The Morgan fingerprint density at radius 3 is 2.52 bits per heavy atom. The first kappa shape index (κ1) is 25.7. The maximum atomic E-state index is 12.7. The Bertz CT molecular complexity index is 938. The Morgan fingerprint density at radius 2 is 1.85 bits per heavy atom. The number of rotatable bonds is 13. The van der Waals surface area contributed by atoms with Gasteiger partial charge in [0.05, 0.1) is 26.2 Å². The molecule has 33 heavy (non-hydrogen) atoms. The predicted molar refractivity (Wildman–Crippen MR) is 128 cm³/mol. The van der Waals surface area contributed by atoms with E-state index in [9.17, 15) is 9.59 Å². The van der Waals surface area contributed by atoms with Gasteiger partial charge < -0.3 is 19.7 Å². The number of carbonyl (C=O) groups is 2. The van der Waals surface area contributed by atoms with Crippen LogP contribution in [0.1, 0.15) is 45.1 Å². The van der Waals surface area contributed by atoms with Gasteiger partial charge in [0.2, 0.25) is 11.8 Å². The monoisotopic (exact) mass is 451 g/mol. The maximum absolute atomic E-state index is 12.7. The maximum Gasteiger partial charge on any atom is 0.227 e. The summed E-state index contributed by atoms with van der Waals surface area (Å²) in [4.78, 5) is 26.6. The molecule has 2 rings (SSSR count). The molecule has 0 aromatic heterocycles. The van der Waals surface area contributed by atoms with Crippen molar-refractivity contribution in [1.82, 2.24) is 5.32 Å². The van der Waals surface area contributed by atoms with E-state index in [4.69, 9.17) is 14.7 Å². The molecule has 0 saturated carbocycles. The lowest BCUT2D eigenvalue weighted by atomic mass is 10.1. The Hall–Kier alpha value is -3.53. The van der Waals surface area contributed by atoms with Gasteiger partial charge >= 0.3 is 0 Å². The van der Waals surface area contributed by atoms with Crippen LogP contribution in [0.4, 0.5) is 5.69 Å². The van der Waals surface area contributed by atoms with Gasteiger partial charge in [-0.25, -0.2) is 0 Å². The van der Waals surface area contributed by atoms with Gasteiger partial charge in [-0.1, -0.05) is 38.1 Å². The summed E-state index contributed by atoms with van der Waals surface area (Å²) in [5, 5.41) is 11.7. The lowest BCUT2D eigenvalue weighted by Gasteiger charge is -2.21. The van der Waals surface area contributed by atoms with Crippen LogP contribution < -0.4 is 19.7 Å². The van der Waals surface area contributed by atoms with Gasteiger partial charge in [0, 0.05) is 31.6 Å². The highest BCUT2D eigenvalue weighted by atomic mass is 16.5. The number of ether oxygens (including phenoxy) is 2. The summed E-state index contributed by atoms with van der Waals surface area (Å²) in [5.74, 6) is 1.46. The first-order chi connectivity index (χ1) is 15.9. The van der Waals surface area contributed by atoms with Crippen LogP contribution in [0.2, 0.25) is 0 Å². The van der Waals surface area contributed by atoms with E-state index in [1.54, 1.807) is 12.0 Å². The molecule has 0 aliphatic rings. The number of anilines is 1. The van der Waals surface area contributed by atoms with Crippen LogP contribution >= 0.6 is 0 Å². The highest BCUT2D eigenvalue weighted by molar-refractivity contribution is 5.95. The average Bonchev–Trinajstić information content (AvgIpc) is 2.82. The van der Waals surface area contributed by atoms with Crippen molar-refractivity contribution in [3.63, 3.8) is 0 Å². The molecule has 0 atom stereocenters. The molecule has 0 fully saturated rings. The van der Waals surface area contributed by atoms with Crippen LogP contribution in [-0.4, -0.2) is 32.1 Å². The van der Waals surface area contributed by atoms with Gasteiger partial charge in [-0.05, 0) is 42.2 Å². The molecule has 0 aliphatic heterocycles. The quantitative estimate of drug-likeness (QED) is 0.485. The fourth-order valence-electron chi connectivity index (χ4n) is 3.16. The Kier molecular flexibility index (Phi) is 10.8. The zero-order chi connectivity index (χ0) is 24.1. The number of hydrogen-bond acceptors (Lipinski definition) is 5. The summed E-state index contributed by atoms with van der Waals surface area (Å²) < 4.78 is 11.2. The summed E-state index contributed by atoms with van der Waals surface area (Å²) in [5.41, 5.74) is 1.60. The normalized spacial score (nSPS) is 10.4. The van der Waals surface area contributed by atoms with Crippen molar-refractivity contribution >= 4 is 17.5 Å². The molecule has 2 aromatic rings. The summed E-state index contributed by atoms with van der Waals surface area (Å²) in [6.07, 6.45) is 1.32. The number of amides is 2. The van der Waals surface area contributed by atoms with Gasteiger partial charge in [0.15, 0.2) is 11.5 Å². The van der Waals surface area contributed by atoms with Crippen molar-refractivity contribution in [3.8, 4) is 17.6 Å². The first-order valence-corrected chi connectivity index (χ1v) is 11.2. The van der Waals surface area contributed by atoms with Crippen molar-refractivity contribution < 1.29 is 19.1 Å². The van der Waals surface area contributed by atoms with E-state index in [-0.39, 0.29) is 31.1 Å². The lowest BCUT2D eigenvalue weighted by Crippen LogP contribution is -2.33.